The van der Waals surface area contributed by atoms with Gasteiger partial charge < -0.3 is 14.5 Å². The lowest BCUT2D eigenvalue weighted by atomic mass is 9.88. The van der Waals surface area contributed by atoms with Crippen LogP contribution < -0.4 is 4.90 Å². The van der Waals surface area contributed by atoms with Crippen molar-refractivity contribution in [2.24, 2.45) is 5.92 Å². The molecule has 1 saturated carbocycles. The van der Waals surface area contributed by atoms with Crippen LogP contribution in [0.1, 0.15) is 37.8 Å². The number of morpholine rings is 1. The summed E-state index contributed by atoms with van der Waals surface area (Å²) in [5.74, 6) is 0.523. The largest absolute Gasteiger partial charge is 0.370 e. The van der Waals surface area contributed by atoms with Crippen LogP contribution in [-0.2, 0) is 16.1 Å². The Bertz CT molecular complexity index is 764. The van der Waals surface area contributed by atoms with Gasteiger partial charge in [-0.2, -0.15) is 5.10 Å². The summed E-state index contributed by atoms with van der Waals surface area (Å²) in [6, 6.07) is 12.2. The maximum Gasteiger partial charge on any atom is 0.226 e. The first-order valence-corrected chi connectivity index (χ1v) is 11.1. The number of hydrogen-bond acceptors (Lipinski definition) is 3. The lowest BCUT2D eigenvalue weighted by Crippen LogP contribution is -3.14. The zero-order chi connectivity index (χ0) is 19.9. The van der Waals surface area contributed by atoms with Gasteiger partial charge in [-0.05, 0) is 31.0 Å². The summed E-state index contributed by atoms with van der Waals surface area (Å²) < 4.78 is 7.45. The molecular formula is C23H33N4O2+. The number of rotatable bonds is 7. The molecule has 2 aromatic rings. The van der Waals surface area contributed by atoms with Crippen molar-refractivity contribution in [3.05, 3.63) is 48.3 Å². The first kappa shape index (κ1) is 20.1. The van der Waals surface area contributed by atoms with Crippen molar-refractivity contribution < 1.29 is 14.4 Å². The molecule has 1 aliphatic carbocycles. The minimum Gasteiger partial charge on any atom is -0.370 e. The monoisotopic (exact) mass is 397 g/mol. The topological polar surface area (TPSA) is 51.8 Å². The molecule has 0 bridgehead atoms. The maximum absolute atomic E-state index is 13.4. The minimum atomic E-state index is 0.191. The molecule has 1 aromatic carbocycles. The van der Waals surface area contributed by atoms with Crippen molar-refractivity contribution in [2.75, 3.05) is 39.4 Å². The van der Waals surface area contributed by atoms with Crippen LogP contribution in [0.5, 0.6) is 0 Å². The highest BCUT2D eigenvalue weighted by Gasteiger charge is 2.28. The summed E-state index contributed by atoms with van der Waals surface area (Å²) in [7, 11) is 0. The molecule has 0 radical (unpaired) electrons. The van der Waals surface area contributed by atoms with Gasteiger partial charge in [0.05, 0.1) is 44.2 Å². The number of ether oxygens (including phenoxy) is 1. The van der Waals surface area contributed by atoms with E-state index in [9.17, 15) is 4.79 Å². The number of quaternary nitrogens is 1. The van der Waals surface area contributed by atoms with E-state index in [0.717, 1.165) is 63.6 Å². The Morgan fingerprint density at radius 2 is 1.86 bits per heavy atom. The summed E-state index contributed by atoms with van der Waals surface area (Å²) in [6.07, 6.45) is 7.54. The van der Waals surface area contributed by atoms with E-state index in [-0.39, 0.29) is 5.92 Å². The molecule has 29 heavy (non-hydrogen) atoms. The van der Waals surface area contributed by atoms with Gasteiger partial charge >= 0.3 is 0 Å². The Kier molecular flexibility index (Phi) is 6.96. The zero-order valence-corrected chi connectivity index (χ0v) is 17.3. The third-order valence-corrected chi connectivity index (χ3v) is 6.28. The molecule has 1 aromatic heterocycles. The second-order valence-corrected chi connectivity index (χ2v) is 8.28. The van der Waals surface area contributed by atoms with E-state index in [1.165, 1.54) is 24.2 Å². The highest BCUT2D eigenvalue weighted by Crippen LogP contribution is 2.26. The van der Waals surface area contributed by atoms with Crippen LogP contribution in [0.3, 0.4) is 0 Å². The molecule has 156 valence electrons. The van der Waals surface area contributed by atoms with Crippen LogP contribution in [-0.4, -0.2) is 60.0 Å². The summed E-state index contributed by atoms with van der Waals surface area (Å²) in [5.41, 5.74) is 2.11. The first-order chi connectivity index (χ1) is 14.3. The number of amides is 1. The van der Waals surface area contributed by atoms with Crippen molar-refractivity contribution in [1.29, 1.82) is 0 Å². The standard InChI is InChI=1S/C23H32N4O2/c28-23(20-7-3-1-4-8-20)26(14-13-25-15-17-29-18-16-25)19-22-11-12-24-27(22)21-9-5-2-6-10-21/h2,5-6,9-12,20H,1,3-4,7-8,13-19H2/p+1. The molecule has 1 N–H and O–H groups in total. The summed E-state index contributed by atoms with van der Waals surface area (Å²) in [6.45, 7) is 6.13. The molecule has 0 atom stereocenters. The summed E-state index contributed by atoms with van der Waals surface area (Å²) in [5, 5.41) is 4.52. The molecule has 0 unspecified atom stereocenters. The Hall–Kier alpha value is -2.18. The van der Waals surface area contributed by atoms with Crippen LogP contribution >= 0.6 is 0 Å². The predicted molar refractivity (Wildman–Crippen MR) is 112 cm³/mol. The number of para-hydroxylation sites is 1. The summed E-state index contributed by atoms with van der Waals surface area (Å²) in [4.78, 5) is 17.0. The van der Waals surface area contributed by atoms with E-state index in [2.05, 4.69) is 22.1 Å². The highest BCUT2D eigenvalue weighted by molar-refractivity contribution is 5.78. The van der Waals surface area contributed by atoms with Crippen molar-refractivity contribution in [1.82, 2.24) is 14.7 Å². The average Bonchev–Trinajstić information content (AvgIpc) is 3.26. The highest BCUT2D eigenvalue weighted by atomic mass is 16.5. The number of nitrogens with one attached hydrogen (secondary N) is 1. The molecule has 2 heterocycles. The fraction of sp³-hybridized carbons (Fsp3) is 0.565. The molecule has 2 aliphatic rings. The maximum atomic E-state index is 13.4. The normalized spacial score (nSPS) is 18.6. The van der Waals surface area contributed by atoms with Crippen LogP contribution in [0.2, 0.25) is 0 Å². The predicted octanol–water partition coefficient (Wildman–Crippen LogP) is 1.70. The molecule has 1 aliphatic heterocycles. The zero-order valence-electron chi connectivity index (χ0n) is 17.3. The molecule has 6 nitrogen and oxygen atoms in total. The fourth-order valence-electron chi connectivity index (χ4n) is 4.53. The van der Waals surface area contributed by atoms with Crippen LogP contribution in [0.15, 0.2) is 42.6 Å². The number of hydrogen-bond donors (Lipinski definition) is 1. The van der Waals surface area contributed by atoms with E-state index in [1.807, 2.05) is 35.1 Å². The second kappa shape index (κ2) is 10.0. The Morgan fingerprint density at radius 3 is 2.62 bits per heavy atom. The summed E-state index contributed by atoms with van der Waals surface area (Å²) >= 11 is 0. The first-order valence-electron chi connectivity index (χ1n) is 11.1. The molecular weight excluding hydrogens is 364 g/mol. The van der Waals surface area contributed by atoms with Gasteiger partial charge in [-0.25, -0.2) is 4.68 Å². The quantitative estimate of drug-likeness (QED) is 0.774. The van der Waals surface area contributed by atoms with Crippen molar-refractivity contribution >= 4 is 5.91 Å². The molecule has 4 rings (SSSR count). The van der Waals surface area contributed by atoms with Crippen LogP contribution in [0.25, 0.3) is 5.69 Å². The van der Waals surface area contributed by atoms with Crippen molar-refractivity contribution in [2.45, 2.75) is 38.6 Å². The van der Waals surface area contributed by atoms with Gasteiger partial charge in [-0.3, -0.25) is 4.79 Å². The molecule has 1 saturated heterocycles. The van der Waals surface area contributed by atoms with E-state index < -0.39 is 0 Å². The van der Waals surface area contributed by atoms with Gasteiger partial charge in [0.15, 0.2) is 0 Å². The number of nitrogens with zero attached hydrogens (tertiary/aromatic N) is 3. The lowest BCUT2D eigenvalue weighted by Gasteiger charge is -2.31. The van der Waals surface area contributed by atoms with Gasteiger partial charge in [-0.15, -0.1) is 0 Å². The van der Waals surface area contributed by atoms with E-state index in [4.69, 9.17) is 4.74 Å². The lowest BCUT2D eigenvalue weighted by molar-refractivity contribution is -0.907. The molecule has 2 fully saturated rings. The fourth-order valence-corrected chi connectivity index (χ4v) is 4.53. The third-order valence-electron chi connectivity index (χ3n) is 6.28. The van der Waals surface area contributed by atoms with Crippen LogP contribution in [0.4, 0.5) is 0 Å². The number of benzene rings is 1. The van der Waals surface area contributed by atoms with Gasteiger partial charge in [-0.1, -0.05) is 37.5 Å². The Labute approximate surface area is 173 Å². The number of carbonyl (C=O) groups excluding carboxylic acids is 1. The second-order valence-electron chi connectivity index (χ2n) is 8.28. The average molecular weight is 398 g/mol. The number of aromatic nitrogens is 2. The SMILES string of the molecule is O=C(C1CCCCC1)N(CC[NH+]1CCOCC1)Cc1ccnn1-c1ccccc1. The van der Waals surface area contributed by atoms with Gasteiger partial charge in [0.1, 0.15) is 13.1 Å². The van der Waals surface area contributed by atoms with E-state index in [0.29, 0.717) is 12.5 Å². The van der Waals surface area contributed by atoms with Crippen molar-refractivity contribution in [3.8, 4) is 5.69 Å². The Morgan fingerprint density at radius 1 is 1.10 bits per heavy atom. The van der Waals surface area contributed by atoms with Gasteiger partial charge in [0.25, 0.3) is 0 Å². The Balaban J connectivity index is 1.49. The molecule has 0 spiro atoms. The number of carbonyl (C=O) groups is 1. The van der Waals surface area contributed by atoms with Crippen LogP contribution in [0, 0.1) is 5.92 Å². The van der Waals surface area contributed by atoms with E-state index >= 15 is 0 Å². The smallest absolute Gasteiger partial charge is 0.226 e. The van der Waals surface area contributed by atoms with Gasteiger partial charge in [0.2, 0.25) is 5.91 Å². The van der Waals surface area contributed by atoms with E-state index in [1.54, 1.807) is 0 Å². The van der Waals surface area contributed by atoms with Crippen molar-refractivity contribution in [3.63, 3.8) is 0 Å². The third kappa shape index (κ3) is 5.25. The van der Waals surface area contributed by atoms with Gasteiger partial charge in [0, 0.05) is 12.1 Å². The molecule has 6 heteroatoms. The minimum absolute atomic E-state index is 0.191. The molecule has 1 amide bonds.